The van der Waals surface area contributed by atoms with Crippen LogP contribution in [0.1, 0.15) is 34.3 Å². The van der Waals surface area contributed by atoms with Crippen LogP contribution in [-0.2, 0) is 17.6 Å². The van der Waals surface area contributed by atoms with E-state index in [9.17, 15) is 14.7 Å². The Morgan fingerprint density at radius 1 is 1.00 bits per heavy atom. The average molecular weight is 253 g/mol. The van der Waals surface area contributed by atoms with Crippen LogP contribution in [0.4, 0.5) is 0 Å². The zero-order valence-corrected chi connectivity index (χ0v) is 10.4. The summed E-state index contributed by atoms with van der Waals surface area (Å²) in [5.41, 5.74) is 3.19. The summed E-state index contributed by atoms with van der Waals surface area (Å²) in [5.74, 6) is -1.31. The van der Waals surface area contributed by atoms with Gasteiger partial charge in [-0.25, -0.2) is 0 Å². The Morgan fingerprint density at radius 2 is 1.74 bits per heavy atom. The molecule has 0 amide bonds. The van der Waals surface area contributed by atoms with Gasteiger partial charge in [-0.2, -0.15) is 0 Å². The van der Waals surface area contributed by atoms with Gasteiger partial charge in [0.1, 0.15) is 0 Å². The van der Waals surface area contributed by atoms with Crippen LogP contribution in [0, 0.1) is 0 Å². The molecular formula is C16H13O3-. The van der Waals surface area contributed by atoms with Gasteiger partial charge in [0, 0.05) is 18.0 Å². The van der Waals surface area contributed by atoms with Crippen molar-refractivity contribution in [1.29, 1.82) is 0 Å². The molecule has 1 aliphatic rings. The summed E-state index contributed by atoms with van der Waals surface area (Å²) in [6, 6.07) is 9.81. The van der Waals surface area contributed by atoms with E-state index in [2.05, 4.69) is 6.07 Å². The van der Waals surface area contributed by atoms with Gasteiger partial charge in [0.25, 0.3) is 0 Å². The summed E-state index contributed by atoms with van der Waals surface area (Å²) in [7, 11) is 0. The number of carbonyl (C=O) groups excluding carboxylic acids is 2. The molecule has 0 atom stereocenters. The van der Waals surface area contributed by atoms with Crippen LogP contribution >= 0.6 is 0 Å². The molecule has 96 valence electrons. The zero-order chi connectivity index (χ0) is 13.4. The second-order valence-electron chi connectivity index (χ2n) is 4.91. The maximum atomic E-state index is 12.1. The summed E-state index contributed by atoms with van der Waals surface area (Å²) in [6.07, 6.45) is 1.81. The Balaban J connectivity index is 2.06. The van der Waals surface area contributed by atoms with Crippen LogP contribution in [0.25, 0.3) is 10.8 Å². The molecule has 0 aromatic heterocycles. The number of aryl methyl sites for hydroxylation is 2. The molecule has 0 saturated carbocycles. The van der Waals surface area contributed by atoms with E-state index in [-0.39, 0.29) is 18.6 Å². The molecule has 2 aromatic rings. The first-order chi connectivity index (χ1) is 9.16. The van der Waals surface area contributed by atoms with E-state index < -0.39 is 5.97 Å². The maximum absolute atomic E-state index is 12.1. The minimum Gasteiger partial charge on any atom is -0.550 e. The van der Waals surface area contributed by atoms with Crippen LogP contribution in [0.3, 0.4) is 0 Å². The summed E-state index contributed by atoms with van der Waals surface area (Å²) >= 11 is 0. The van der Waals surface area contributed by atoms with Crippen molar-refractivity contribution in [2.75, 3.05) is 0 Å². The first-order valence-corrected chi connectivity index (χ1v) is 6.43. The lowest BCUT2D eigenvalue weighted by Crippen LogP contribution is -2.22. The Morgan fingerprint density at radius 3 is 2.47 bits per heavy atom. The van der Waals surface area contributed by atoms with E-state index in [0.29, 0.717) is 5.56 Å². The SMILES string of the molecule is O=C([O-])CCC(=O)c1ccc2c3c(cccc13)CC2. The van der Waals surface area contributed by atoms with Crippen molar-refractivity contribution in [2.45, 2.75) is 25.7 Å². The number of Topliss-reactive ketones (excluding diaryl/α,β-unsaturated/α-hetero) is 1. The smallest absolute Gasteiger partial charge is 0.163 e. The Hall–Kier alpha value is -2.16. The molecule has 3 rings (SSSR count). The molecule has 0 heterocycles. The summed E-state index contributed by atoms with van der Waals surface area (Å²) in [6.45, 7) is 0. The Kier molecular flexibility index (Phi) is 2.82. The molecule has 0 aliphatic heterocycles. The minimum absolute atomic E-state index is 0.001000. The summed E-state index contributed by atoms with van der Waals surface area (Å²) in [4.78, 5) is 22.6. The number of aliphatic carboxylic acids is 1. The highest BCUT2D eigenvalue weighted by Crippen LogP contribution is 2.33. The van der Waals surface area contributed by atoms with Gasteiger partial charge in [-0.15, -0.1) is 0 Å². The van der Waals surface area contributed by atoms with E-state index in [1.807, 2.05) is 24.3 Å². The molecule has 0 unspecified atom stereocenters. The van der Waals surface area contributed by atoms with E-state index in [0.717, 1.165) is 18.2 Å². The largest absolute Gasteiger partial charge is 0.550 e. The Labute approximate surface area is 110 Å². The van der Waals surface area contributed by atoms with Gasteiger partial charge in [0.2, 0.25) is 0 Å². The van der Waals surface area contributed by atoms with Crippen molar-refractivity contribution < 1.29 is 14.7 Å². The zero-order valence-electron chi connectivity index (χ0n) is 10.4. The van der Waals surface area contributed by atoms with Crippen molar-refractivity contribution in [3.8, 4) is 0 Å². The number of rotatable bonds is 4. The number of hydrogen-bond acceptors (Lipinski definition) is 3. The average Bonchev–Trinajstić information content (AvgIpc) is 2.82. The summed E-state index contributed by atoms with van der Waals surface area (Å²) < 4.78 is 0. The van der Waals surface area contributed by atoms with Crippen LogP contribution < -0.4 is 5.11 Å². The van der Waals surface area contributed by atoms with Crippen molar-refractivity contribution in [1.82, 2.24) is 0 Å². The molecular weight excluding hydrogens is 240 g/mol. The fourth-order valence-electron chi connectivity index (χ4n) is 2.84. The van der Waals surface area contributed by atoms with Gasteiger partial charge in [-0.05, 0) is 41.2 Å². The molecule has 1 aliphatic carbocycles. The molecule has 0 fully saturated rings. The predicted octanol–water partition coefficient (Wildman–Crippen LogP) is 1.65. The number of carboxylic acid groups (broad SMARTS) is 1. The highest BCUT2D eigenvalue weighted by Gasteiger charge is 2.18. The van der Waals surface area contributed by atoms with Crippen LogP contribution in [0.5, 0.6) is 0 Å². The molecule has 0 bridgehead atoms. The van der Waals surface area contributed by atoms with Crippen LogP contribution in [0.15, 0.2) is 30.3 Å². The standard InChI is InChI=1S/C16H14O3/c17-14(8-9-15(18)19)12-7-6-11-5-4-10-2-1-3-13(12)16(10)11/h1-3,6-7H,4-5,8-9H2,(H,18,19)/p-1. The lowest BCUT2D eigenvalue weighted by Gasteiger charge is -2.08. The number of carboxylic acids is 1. The predicted molar refractivity (Wildman–Crippen MR) is 69.9 cm³/mol. The number of ketones is 1. The van der Waals surface area contributed by atoms with Crippen molar-refractivity contribution in [3.63, 3.8) is 0 Å². The molecule has 3 nitrogen and oxygen atoms in total. The third kappa shape index (κ3) is 2.01. The summed E-state index contributed by atoms with van der Waals surface area (Å²) in [5, 5.41) is 12.6. The van der Waals surface area contributed by atoms with Gasteiger partial charge in [-0.3, -0.25) is 4.79 Å². The second-order valence-corrected chi connectivity index (χ2v) is 4.91. The first kappa shape index (κ1) is 11.9. The van der Waals surface area contributed by atoms with E-state index >= 15 is 0 Å². The third-order valence-electron chi connectivity index (χ3n) is 3.73. The van der Waals surface area contributed by atoms with Gasteiger partial charge >= 0.3 is 0 Å². The number of carbonyl (C=O) groups is 2. The number of hydrogen-bond donors (Lipinski definition) is 0. The van der Waals surface area contributed by atoms with Crippen LogP contribution in [-0.4, -0.2) is 11.8 Å². The topological polar surface area (TPSA) is 57.2 Å². The lowest BCUT2D eigenvalue weighted by atomic mass is 9.96. The van der Waals surface area contributed by atoms with Crippen LogP contribution in [0.2, 0.25) is 0 Å². The fourth-order valence-corrected chi connectivity index (χ4v) is 2.84. The highest BCUT2D eigenvalue weighted by molar-refractivity contribution is 6.10. The van der Waals surface area contributed by atoms with E-state index in [4.69, 9.17) is 0 Å². The van der Waals surface area contributed by atoms with Crippen molar-refractivity contribution in [2.24, 2.45) is 0 Å². The van der Waals surface area contributed by atoms with Crippen molar-refractivity contribution >= 4 is 22.5 Å². The molecule has 19 heavy (non-hydrogen) atoms. The van der Waals surface area contributed by atoms with E-state index in [1.54, 1.807) is 0 Å². The third-order valence-corrected chi connectivity index (χ3v) is 3.73. The number of benzene rings is 2. The first-order valence-electron chi connectivity index (χ1n) is 6.43. The van der Waals surface area contributed by atoms with Gasteiger partial charge < -0.3 is 9.90 Å². The van der Waals surface area contributed by atoms with Gasteiger partial charge in [0.05, 0.1) is 0 Å². The molecule has 3 heteroatoms. The quantitative estimate of drug-likeness (QED) is 0.778. The molecule has 2 aromatic carbocycles. The molecule has 0 spiro atoms. The molecule has 0 saturated heterocycles. The monoisotopic (exact) mass is 253 g/mol. The second kappa shape index (κ2) is 4.50. The van der Waals surface area contributed by atoms with Gasteiger partial charge in [-0.1, -0.05) is 30.3 Å². The lowest BCUT2D eigenvalue weighted by molar-refractivity contribution is -0.305. The fraction of sp³-hybridized carbons (Fsp3) is 0.250. The maximum Gasteiger partial charge on any atom is 0.163 e. The molecule has 0 radical (unpaired) electrons. The molecule has 0 N–H and O–H groups in total. The highest BCUT2D eigenvalue weighted by atomic mass is 16.4. The van der Waals surface area contributed by atoms with E-state index in [1.165, 1.54) is 16.5 Å². The Bertz CT molecular complexity index is 675. The minimum atomic E-state index is -1.18. The normalized spacial score (nSPS) is 12.8. The van der Waals surface area contributed by atoms with Gasteiger partial charge in [0.15, 0.2) is 5.78 Å². The van der Waals surface area contributed by atoms with Crippen molar-refractivity contribution in [3.05, 3.63) is 47.0 Å².